The van der Waals surface area contributed by atoms with Crippen molar-refractivity contribution in [2.24, 2.45) is 0 Å². The number of esters is 1. The van der Waals surface area contributed by atoms with Gasteiger partial charge in [0.2, 0.25) is 5.76 Å². The van der Waals surface area contributed by atoms with Gasteiger partial charge in [0.1, 0.15) is 6.10 Å². The molecule has 1 aromatic heterocycles. The lowest BCUT2D eigenvalue weighted by Crippen LogP contribution is -2.09. The zero-order valence-corrected chi connectivity index (χ0v) is 11.0. The first-order chi connectivity index (χ1) is 9.49. The number of ether oxygens (including phenoxy) is 1. The number of furan rings is 1. The number of nitrogens with zero attached hydrogens (tertiary/aromatic N) is 1. The average Bonchev–Trinajstić information content (AvgIpc) is 2.85. The summed E-state index contributed by atoms with van der Waals surface area (Å²) in [5, 5.41) is 10.7. The summed E-state index contributed by atoms with van der Waals surface area (Å²) < 4.78 is 10.3. The summed E-state index contributed by atoms with van der Waals surface area (Å²) in [4.78, 5) is 22.1. The average molecular weight is 275 g/mol. The third-order valence-corrected chi connectivity index (χ3v) is 2.88. The molecule has 20 heavy (non-hydrogen) atoms. The second-order valence-electron chi connectivity index (χ2n) is 4.33. The van der Waals surface area contributed by atoms with Gasteiger partial charge in [0.05, 0.1) is 11.2 Å². The number of hydrogen-bond donors (Lipinski definition) is 0. The van der Waals surface area contributed by atoms with Crippen LogP contribution >= 0.6 is 0 Å². The van der Waals surface area contributed by atoms with Crippen molar-refractivity contribution in [1.82, 2.24) is 0 Å². The number of rotatable bonds is 4. The molecule has 0 N–H and O–H groups in total. The molecule has 0 aliphatic carbocycles. The van der Waals surface area contributed by atoms with Crippen LogP contribution in [0.1, 0.15) is 34.7 Å². The van der Waals surface area contributed by atoms with Crippen LogP contribution in [0.5, 0.6) is 0 Å². The minimum atomic E-state index is -0.605. The van der Waals surface area contributed by atoms with E-state index in [0.29, 0.717) is 11.1 Å². The Morgan fingerprint density at radius 2 is 2.15 bits per heavy atom. The number of nitro groups is 1. The summed E-state index contributed by atoms with van der Waals surface area (Å²) in [7, 11) is 0. The lowest BCUT2D eigenvalue weighted by Gasteiger charge is -2.12. The summed E-state index contributed by atoms with van der Waals surface area (Å²) in [6, 6.07) is 7.65. The molecule has 0 saturated carbocycles. The third kappa shape index (κ3) is 2.85. The molecular weight excluding hydrogens is 262 g/mol. The minimum absolute atomic E-state index is 0.0421. The van der Waals surface area contributed by atoms with Crippen LogP contribution in [0.4, 0.5) is 5.69 Å². The van der Waals surface area contributed by atoms with Crippen LogP contribution in [0.15, 0.2) is 41.0 Å². The van der Waals surface area contributed by atoms with Crippen molar-refractivity contribution < 1.29 is 18.9 Å². The Balaban J connectivity index is 2.14. The first-order valence-electron chi connectivity index (χ1n) is 5.98. The summed E-state index contributed by atoms with van der Waals surface area (Å²) in [5.74, 6) is -0.450. The standard InChI is InChI=1S/C14H13NO5/c1-9-6-7-19-13(9)14(16)20-10(2)11-4-3-5-12(8-11)15(17)18/h3-8,10H,1-2H3. The molecule has 0 aliphatic rings. The fourth-order valence-corrected chi connectivity index (χ4v) is 1.76. The zero-order chi connectivity index (χ0) is 14.7. The van der Waals surface area contributed by atoms with E-state index in [4.69, 9.17) is 9.15 Å². The van der Waals surface area contributed by atoms with E-state index in [9.17, 15) is 14.9 Å². The van der Waals surface area contributed by atoms with Crippen LogP contribution in [0.3, 0.4) is 0 Å². The molecule has 2 rings (SSSR count). The van der Waals surface area contributed by atoms with Crippen molar-refractivity contribution >= 4 is 11.7 Å². The Kier molecular flexibility index (Phi) is 3.84. The smallest absolute Gasteiger partial charge is 0.375 e. The number of nitro benzene ring substituents is 1. The van der Waals surface area contributed by atoms with Gasteiger partial charge in [0, 0.05) is 17.7 Å². The van der Waals surface area contributed by atoms with Gasteiger partial charge in [-0.2, -0.15) is 0 Å². The summed E-state index contributed by atoms with van der Waals surface area (Å²) in [6.45, 7) is 3.38. The van der Waals surface area contributed by atoms with Gasteiger partial charge in [-0.1, -0.05) is 12.1 Å². The van der Waals surface area contributed by atoms with Gasteiger partial charge in [0.15, 0.2) is 0 Å². The first kappa shape index (κ1) is 13.8. The quantitative estimate of drug-likeness (QED) is 0.485. The Morgan fingerprint density at radius 1 is 1.40 bits per heavy atom. The van der Waals surface area contributed by atoms with Crippen molar-refractivity contribution in [1.29, 1.82) is 0 Å². The highest BCUT2D eigenvalue weighted by Gasteiger charge is 2.19. The van der Waals surface area contributed by atoms with Gasteiger partial charge in [-0.05, 0) is 25.5 Å². The molecule has 0 fully saturated rings. The molecule has 0 saturated heterocycles. The van der Waals surface area contributed by atoms with Gasteiger partial charge < -0.3 is 9.15 Å². The SMILES string of the molecule is Cc1ccoc1C(=O)OC(C)c1cccc([N+](=O)[O-])c1. The van der Waals surface area contributed by atoms with Crippen LogP contribution in [0.2, 0.25) is 0 Å². The van der Waals surface area contributed by atoms with Gasteiger partial charge in [-0.25, -0.2) is 4.79 Å². The van der Waals surface area contributed by atoms with Crippen molar-refractivity contribution in [3.05, 3.63) is 63.6 Å². The van der Waals surface area contributed by atoms with Crippen molar-refractivity contribution in [2.75, 3.05) is 0 Å². The van der Waals surface area contributed by atoms with Crippen LogP contribution in [-0.2, 0) is 4.74 Å². The minimum Gasteiger partial charge on any atom is -0.457 e. The monoisotopic (exact) mass is 275 g/mol. The Hall–Kier alpha value is -2.63. The lowest BCUT2D eigenvalue weighted by molar-refractivity contribution is -0.385. The van der Waals surface area contributed by atoms with E-state index in [0.717, 1.165) is 0 Å². The maximum atomic E-state index is 11.9. The van der Waals surface area contributed by atoms with Gasteiger partial charge in [0.25, 0.3) is 5.69 Å². The maximum Gasteiger partial charge on any atom is 0.375 e. The predicted molar refractivity (Wildman–Crippen MR) is 70.4 cm³/mol. The molecule has 1 atom stereocenters. The first-order valence-corrected chi connectivity index (χ1v) is 5.98. The number of aryl methyl sites for hydroxylation is 1. The van der Waals surface area contributed by atoms with E-state index in [-0.39, 0.29) is 11.4 Å². The van der Waals surface area contributed by atoms with E-state index in [1.54, 1.807) is 32.0 Å². The number of carbonyl (C=O) groups is 1. The fraction of sp³-hybridized carbons (Fsp3) is 0.214. The van der Waals surface area contributed by atoms with Gasteiger partial charge >= 0.3 is 5.97 Å². The Bertz CT molecular complexity index is 647. The highest BCUT2D eigenvalue weighted by molar-refractivity contribution is 5.88. The Morgan fingerprint density at radius 3 is 2.75 bits per heavy atom. The van der Waals surface area contributed by atoms with Gasteiger partial charge in [-0.3, -0.25) is 10.1 Å². The molecule has 1 heterocycles. The second-order valence-corrected chi connectivity index (χ2v) is 4.33. The molecular formula is C14H13NO5. The molecule has 6 nitrogen and oxygen atoms in total. The molecule has 0 bridgehead atoms. The number of non-ortho nitro benzene ring substituents is 1. The van der Waals surface area contributed by atoms with Crippen molar-refractivity contribution in [3.63, 3.8) is 0 Å². The van der Waals surface area contributed by atoms with E-state index < -0.39 is 17.0 Å². The van der Waals surface area contributed by atoms with Crippen molar-refractivity contribution in [3.8, 4) is 0 Å². The highest BCUT2D eigenvalue weighted by Crippen LogP contribution is 2.23. The summed E-state index contributed by atoms with van der Waals surface area (Å²) in [6.07, 6.45) is 0.802. The van der Waals surface area contributed by atoms with E-state index in [1.165, 1.54) is 18.4 Å². The molecule has 1 unspecified atom stereocenters. The van der Waals surface area contributed by atoms with Crippen LogP contribution in [0, 0.1) is 17.0 Å². The lowest BCUT2D eigenvalue weighted by atomic mass is 10.1. The molecule has 104 valence electrons. The van der Waals surface area contributed by atoms with Crippen LogP contribution in [-0.4, -0.2) is 10.9 Å². The highest BCUT2D eigenvalue weighted by atomic mass is 16.6. The number of hydrogen-bond acceptors (Lipinski definition) is 5. The molecule has 6 heteroatoms. The summed E-state index contributed by atoms with van der Waals surface area (Å²) >= 11 is 0. The van der Waals surface area contributed by atoms with E-state index in [1.807, 2.05) is 0 Å². The van der Waals surface area contributed by atoms with Crippen LogP contribution < -0.4 is 0 Å². The summed E-state index contributed by atoms with van der Waals surface area (Å²) in [5.41, 5.74) is 1.19. The topological polar surface area (TPSA) is 82.6 Å². The predicted octanol–water partition coefficient (Wildman–Crippen LogP) is 3.41. The Labute approximate surface area is 115 Å². The third-order valence-electron chi connectivity index (χ3n) is 2.88. The zero-order valence-electron chi connectivity index (χ0n) is 11.0. The number of benzene rings is 1. The number of carbonyl (C=O) groups excluding carboxylic acids is 1. The normalized spacial score (nSPS) is 11.9. The maximum absolute atomic E-state index is 11.9. The molecule has 0 spiro atoms. The van der Waals surface area contributed by atoms with Gasteiger partial charge in [-0.15, -0.1) is 0 Å². The van der Waals surface area contributed by atoms with Crippen LogP contribution in [0.25, 0.3) is 0 Å². The molecule has 2 aromatic rings. The fourth-order valence-electron chi connectivity index (χ4n) is 1.76. The van der Waals surface area contributed by atoms with E-state index in [2.05, 4.69) is 0 Å². The molecule has 0 radical (unpaired) electrons. The van der Waals surface area contributed by atoms with Crippen molar-refractivity contribution in [2.45, 2.75) is 20.0 Å². The second kappa shape index (κ2) is 5.56. The largest absolute Gasteiger partial charge is 0.457 e. The molecule has 0 amide bonds. The van der Waals surface area contributed by atoms with E-state index >= 15 is 0 Å². The molecule has 0 aliphatic heterocycles. The molecule has 1 aromatic carbocycles.